The second-order valence-corrected chi connectivity index (χ2v) is 4.43. The maximum absolute atomic E-state index is 5.93. The number of nitrogens with one attached hydrogen (secondary N) is 1. The van der Waals surface area contributed by atoms with Gasteiger partial charge in [0.15, 0.2) is 0 Å². The summed E-state index contributed by atoms with van der Waals surface area (Å²) in [7, 11) is 0. The molecule has 2 heterocycles. The summed E-state index contributed by atoms with van der Waals surface area (Å²) >= 11 is 5.93. The largest absolute Gasteiger partial charge is 0.493 e. The van der Waals surface area contributed by atoms with Gasteiger partial charge in [-0.05, 0) is 25.1 Å². The average molecular weight is 210 g/mol. The van der Waals surface area contributed by atoms with Gasteiger partial charge in [-0.1, -0.05) is 17.7 Å². The van der Waals surface area contributed by atoms with E-state index in [1.54, 1.807) is 0 Å². The van der Waals surface area contributed by atoms with Gasteiger partial charge in [-0.3, -0.25) is 0 Å². The first kappa shape index (κ1) is 8.57. The molecule has 3 heteroatoms. The molecular formula is C11H12ClNO. The summed E-state index contributed by atoms with van der Waals surface area (Å²) in [5, 5.41) is 4.26. The normalized spacial score (nSPS) is 29.2. The van der Waals surface area contributed by atoms with Gasteiger partial charge in [-0.15, -0.1) is 0 Å². The lowest BCUT2D eigenvalue weighted by Crippen LogP contribution is -2.56. The molecule has 0 radical (unpaired) electrons. The molecule has 0 aliphatic carbocycles. The Morgan fingerprint density at radius 2 is 2.21 bits per heavy atom. The van der Waals surface area contributed by atoms with Crippen molar-refractivity contribution < 1.29 is 4.74 Å². The zero-order valence-corrected chi connectivity index (χ0v) is 8.60. The van der Waals surface area contributed by atoms with E-state index in [4.69, 9.17) is 16.3 Å². The molecule has 1 spiro atoms. The van der Waals surface area contributed by atoms with Gasteiger partial charge in [-0.25, -0.2) is 0 Å². The van der Waals surface area contributed by atoms with E-state index in [0.717, 1.165) is 30.3 Å². The molecule has 0 amide bonds. The lowest BCUT2D eigenvalue weighted by molar-refractivity contribution is 0.122. The van der Waals surface area contributed by atoms with Crippen LogP contribution in [0.3, 0.4) is 0 Å². The number of benzene rings is 1. The van der Waals surface area contributed by atoms with E-state index in [0.29, 0.717) is 0 Å². The molecule has 2 aliphatic rings. The second kappa shape index (κ2) is 2.88. The van der Waals surface area contributed by atoms with Crippen LogP contribution in [0, 0.1) is 0 Å². The fourth-order valence-electron chi connectivity index (χ4n) is 2.35. The minimum atomic E-state index is 0.193. The Morgan fingerprint density at radius 1 is 1.36 bits per heavy atom. The molecule has 2 nitrogen and oxygen atoms in total. The lowest BCUT2D eigenvalue weighted by atomic mass is 9.77. The fraction of sp³-hybridized carbons (Fsp3) is 0.455. The van der Waals surface area contributed by atoms with Crippen molar-refractivity contribution in [2.75, 3.05) is 13.2 Å². The minimum Gasteiger partial charge on any atom is -0.493 e. The van der Waals surface area contributed by atoms with Crippen molar-refractivity contribution in [3.8, 4) is 5.75 Å². The molecule has 0 unspecified atom stereocenters. The summed E-state index contributed by atoms with van der Waals surface area (Å²) in [6.07, 6.45) is 2.28. The number of hydrogen-bond donors (Lipinski definition) is 1. The van der Waals surface area contributed by atoms with Crippen molar-refractivity contribution in [3.05, 3.63) is 28.8 Å². The highest BCUT2D eigenvalue weighted by Crippen LogP contribution is 2.43. The highest BCUT2D eigenvalue weighted by Gasteiger charge is 2.42. The van der Waals surface area contributed by atoms with Crippen molar-refractivity contribution in [3.63, 3.8) is 0 Å². The number of hydrogen-bond acceptors (Lipinski definition) is 2. The SMILES string of the molecule is Clc1ccc2c(c1)OCC[C@]21CCN1. The molecule has 0 bridgehead atoms. The molecule has 1 aromatic carbocycles. The van der Waals surface area contributed by atoms with Crippen LogP contribution in [0.5, 0.6) is 5.75 Å². The van der Waals surface area contributed by atoms with E-state index in [9.17, 15) is 0 Å². The predicted molar refractivity (Wildman–Crippen MR) is 55.9 cm³/mol. The summed E-state index contributed by atoms with van der Waals surface area (Å²) in [5.74, 6) is 0.955. The van der Waals surface area contributed by atoms with Crippen molar-refractivity contribution in [2.45, 2.75) is 18.4 Å². The third-order valence-corrected chi connectivity index (χ3v) is 3.50. The second-order valence-electron chi connectivity index (χ2n) is 4.00. The standard InChI is InChI=1S/C11H12ClNO/c12-8-1-2-9-10(7-8)14-6-4-11(9)3-5-13-11/h1-2,7,13H,3-6H2/t11-/m1/s1. The Labute approximate surface area is 88.2 Å². The smallest absolute Gasteiger partial charge is 0.125 e. The van der Waals surface area contributed by atoms with Gasteiger partial charge in [0.1, 0.15) is 5.75 Å². The predicted octanol–water partition coefficient (Wildman–Crippen LogP) is 2.31. The molecule has 0 aromatic heterocycles. The zero-order chi connectivity index (χ0) is 9.60. The van der Waals surface area contributed by atoms with Crippen molar-refractivity contribution in [1.29, 1.82) is 0 Å². The van der Waals surface area contributed by atoms with E-state index in [1.807, 2.05) is 12.1 Å². The Hall–Kier alpha value is -0.730. The molecule has 1 fully saturated rings. The summed E-state index contributed by atoms with van der Waals surface area (Å²) in [6, 6.07) is 5.94. The molecule has 1 N–H and O–H groups in total. The number of rotatable bonds is 0. The quantitative estimate of drug-likeness (QED) is 0.708. The van der Waals surface area contributed by atoms with E-state index in [2.05, 4.69) is 11.4 Å². The molecule has 1 saturated heterocycles. The lowest BCUT2D eigenvalue weighted by Gasteiger charge is -2.46. The van der Waals surface area contributed by atoms with Gasteiger partial charge in [-0.2, -0.15) is 0 Å². The van der Waals surface area contributed by atoms with E-state index in [-0.39, 0.29) is 5.54 Å². The van der Waals surface area contributed by atoms with Gasteiger partial charge in [0.05, 0.1) is 12.1 Å². The van der Waals surface area contributed by atoms with Crippen LogP contribution < -0.4 is 10.1 Å². The summed E-state index contributed by atoms with van der Waals surface area (Å²) < 4.78 is 5.61. The van der Waals surface area contributed by atoms with Crippen LogP contribution >= 0.6 is 11.6 Å². The first-order valence-corrected chi connectivity index (χ1v) is 5.36. The maximum Gasteiger partial charge on any atom is 0.125 e. The molecule has 14 heavy (non-hydrogen) atoms. The van der Waals surface area contributed by atoms with Crippen LogP contribution in [0.2, 0.25) is 5.02 Å². The summed E-state index contributed by atoms with van der Waals surface area (Å²) in [6.45, 7) is 1.91. The monoisotopic (exact) mass is 209 g/mol. The third kappa shape index (κ3) is 1.07. The van der Waals surface area contributed by atoms with Gasteiger partial charge in [0.2, 0.25) is 0 Å². The topological polar surface area (TPSA) is 21.3 Å². The average Bonchev–Trinajstić information content (AvgIpc) is 2.13. The Kier molecular flexibility index (Phi) is 1.76. The number of ether oxygens (including phenoxy) is 1. The van der Waals surface area contributed by atoms with Crippen LogP contribution in [0.1, 0.15) is 18.4 Å². The van der Waals surface area contributed by atoms with Crippen LogP contribution in [0.15, 0.2) is 18.2 Å². The molecule has 74 valence electrons. The van der Waals surface area contributed by atoms with E-state index >= 15 is 0 Å². The Morgan fingerprint density at radius 3 is 2.93 bits per heavy atom. The third-order valence-electron chi connectivity index (χ3n) is 3.26. The molecule has 1 aromatic rings. The molecule has 2 aliphatic heterocycles. The highest BCUT2D eigenvalue weighted by molar-refractivity contribution is 6.30. The van der Waals surface area contributed by atoms with Crippen molar-refractivity contribution in [2.24, 2.45) is 0 Å². The Balaban J connectivity index is 2.10. The van der Waals surface area contributed by atoms with E-state index in [1.165, 1.54) is 12.0 Å². The van der Waals surface area contributed by atoms with Gasteiger partial charge < -0.3 is 10.1 Å². The van der Waals surface area contributed by atoms with Gasteiger partial charge in [0.25, 0.3) is 0 Å². The molecular weight excluding hydrogens is 198 g/mol. The molecule has 0 saturated carbocycles. The fourth-order valence-corrected chi connectivity index (χ4v) is 2.51. The Bertz CT molecular complexity index is 374. The van der Waals surface area contributed by atoms with Crippen LogP contribution in [-0.2, 0) is 5.54 Å². The highest BCUT2D eigenvalue weighted by atomic mass is 35.5. The number of halogens is 1. The minimum absolute atomic E-state index is 0.193. The van der Waals surface area contributed by atoms with Crippen molar-refractivity contribution >= 4 is 11.6 Å². The first-order chi connectivity index (χ1) is 6.80. The molecule has 1 atom stereocenters. The van der Waals surface area contributed by atoms with Gasteiger partial charge in [0, 0.05) is 17.0 Å². The number of fused-ring (bicyclic) bond motifs is 2. The first-order valence-electron chi connectivity index (χ1n) is 4.98. The summed E-state index contributed by atoms with van der Waals surface area (Å²) in [5.41, 5.74) is 1.47. The maximum atomic E-state index is 5.93. The van der Waals surface area contributed by atoms with Crippen LogP contribution in [-0.4, -0.2) is 13.2 Å². The van der Waals surface area contributed by atoms with Crippen LogP contribution in [0.25, 0.3) is 0 Å². The zero-order valence-electron chi connectivity index (χ0n) is 7.85. The van der Waals surface area contributed by atoms with E-state index < -0.39 is 0 Å². The van der Waals surface area contributed by atoms with Gasteiger partial charge >= 0.3 is 0 Å². The van der Waals surface area contributed by atoms with Crippen LogP contribution in [0.4, 0.5) is 0 Å². The molecule has 3 rings (SSSR count). The summed E-state index contributed by atoms with van der Waals surface area (Å²) in [4.78, 5) is 0. The van der Waals surface area contributed by atoms with Crippen molar-refractivity contribution in [1.82, 2.24) is 5.32 Å².